The Kier molecular flexibility index (Phi) is 3.67. The number of hydrogen-bond acceptors (Lipinski definition) is 7. The maximum absolute atomic E-state index is 5.33. The number of aromatic nitrogens is 3. The molecule has 3 aromatic heterocycles. The number of rotatable bonds is 4. The first-order chi connectivity index (χ1) is 9.22. The van der Waals surface area contributed by atoms with Crippen molar-refractivity contribution in [2.75, 3.05) is 0 Å². The summed E-state index contributed by atoms with van der Waals surface area (Å²) >= 11 is 4.89. The number of aryl methyl sites for hydroxylation is 1. The number of hydrogen-bond donors (Lipinski definition) is 0. The van der Waals surface area contributed by atoms with Crippen molar-refractivity contribution >= 4 is 34.4 Å². The summed E-state index contributed by atoms with van der Waals surface area (Å²) in [6, 6.07) is 3.97. The third kappa shape index (κ3) is 2.88. The van der Waals surface area contributed by atoms with E-state index < -0.39 is 0 Å². The molecule has 0 saturated carbocycles. The maximum atomic E-state index is 5.33. The monoisotopic (exact) mass is 309 g/mol. The predicted octanol–water partition coefficient (Wildman–Crippen LogP) is 4.42. The second-order valence-corrected chi connectivity index (χ2v) is 7.34. The zero-order valence-electron chi connectivity index (χ0n) is 10.4. The first kappa shape index (κ1) is 12.8. The molecule has 4 nitrogen and oxygen atoms in total. The first-order valence-electron chi connectivity index (χ1n) is 5.68. The van der Waals surface area contributed by atoms with Crippen LogP contribution in [0.4, 0.5) is 0 Å². The highest BCUT2D eigenvalue weighted by Gasteiger charge is 2.18. The Balaban J connectivity index is 1.75. The van der Waals surface area contributed by atoms with E-state index in [-0.39, 0.29) is 5.25 Å². The fraction of sp³-hybridized carbons (Fsp3) is 0.250. The van der Waals surface area contributed by atoms with E-state index in [1.807, 2.05) is 36.7 Å². The van der Waals surface area contributed by atoms with E-state index in [0.29, 0.717) is 11.7 Å². The molecule has 3 heterocycles. The van der Waals surface area contributed by atoms with E-state index in [0.717, 1.165) is 14.9 Å². The SMILES string of the molecule is Cc1csc(SC(C)c2nc(-c3cccs3)no2)n1. The predicted molar refractivity (Wildman–Crippen MR) is 78.7 cm³/mol. The second-order valence-electron chi connectivity index (χ2n) is 3.95. The molecule has 0 bridgehead atoms. The fourth-order valence-corrected chi connectivity index (χ4v) is 4.16. The van der Waals surface area contributed by atoms with Crippen LogP contribution in [0.5, 0.6) is 0 Å². The molecule has 0 aromatic carbocycles. The molecule has 0 saturated heterocycles. The van der Waals surface area contributed by atoms with Gasteiger partial charge >= 0.3 is 0 Å². The highest BCUT2D eigenvalue weighted by atomic mass is 32.2. The zero-order valence-corrected chi connectivity index (χ0v) is 12.8. The van der Waals surface area contributed by atoms with E-state index in [1.54, 1.807) is 34.4 Å². The summed E-state index contributed by atoms with van der Waals surface area (Å²) in [6.45, 7) is 4.04. The van der Waals surface area contributed by atoms with Gasteiger partial charge in [0, 0.05) is 11.1 Å². The molecule has 19 heavy (non-hydrogen) atoms. The lowest BCUT2D eigenvalue weighted by molar-refractivity contribution is 0.381. The lowest BCUT2D eigenvalue weighted by Crippen LogP contribution is -1.88. The molecule has 1 unspecified atom stereocenters. The van der Waals surface area contributed by atoms with Crippen molar-refractivity contribution in [2.24, 2.45) is 0 Å². The van der Waals surface area contributed by atoms with Crippen LogP contribution < -0.4 is 0 Å². The number of thiazole rings is 1. The Bertz CT molecular complexity index is 659. The molecule has 0 aliphatic heterocycles. The average Bonchev–Trinajstić information content (AvgIpc) is 3.08. The zero-order chi connectivity index (χ0) is 13.2. The van der Waals surface area contributed by atoms with Gasteiger partial charge in [-0.15, -0.1) is 22.7 Å². The van der Waals surface area contributed by atoms with Crippen molar-refractivity contribution in [1.29, 1.82) is 0 Å². The minimum absolute atomic E-state index is 0.103. The fourth-order valence-electron chi connectivity index (χ4n) is 1.49. The molecule has 0 spiro atoms. The van der Waals surface area contributed by atoms with Crippen LogP contribution in [0.25, 0.3) is 10.7 Å². The molecule has 0 amide bonds. The van der Waals surface area contributed by atoms with Gasteiger partial charge in [0.25, 0.3) is 0 Å². The van der Waals surface area contributed by atoms with Gasteiger partial charge < -0.3 is 4.52 Å². The molecule has 1 atom stereocenters. The van der Waals surface area contributed by atoms with Crippen molar-refractivity contribution in [3.8, 4) is 10.7 Å². The Morgan fingerprint density at radius 1 is 1.32 bits per heavy atom. The van der Waals surface area contributed by atoms with Gasteiger partial charge in [-0.25, -0.2) is 4.98 Å². The molecular weight excluding hydrogens is 298 g/mol. The van der Waals surface area contributed by atoms with Crippen molar-refractivity contribution in [2.45, 2.75) is 23.4 Å². The minimum Gasteiger partial charge on any atom is -0.338 e. The van der Waals surface area contributed by atoms with Crippen LogP contribution in [0.15, 0.2) is 31.8 Å². The van der Waals surface area contributed by atoms with E-state index in [2.05, 4.69) is 15.1 Å². The van der Waals surface area contributed by atoms with Gasteiger partial charge in [-0.2, -0.15) is 4.98 Å². The Labute approximate surface area is 122 Å². The summed E-state index contributed by atoms with van der Waals surface area (Å²) in [6.07, 6.45) is 0. The van der Waals surface area contributed by atoms with Gasteiger partial charge in [0.1, 0.15) is 0 Å². The van der Waals surface area contributed by atoms with Crippen LogP contribution in [0, 0.1) is 6.92 Å². The van der Waals surface area contributed by atoms with Crippen LogP contribution in [-0.4, -0.2) is 15.1 Å². The highest BCUT2D eigenvalue weighted by molar-refractivity contribution is 8.01. The number of thiophene rings is 1. The molecule has 0 radical (unpaired) electrons. The summed E-state index contributed by atoms with van der Waals surface area (Å²) in [5.74, 6) is 1.30. The lowest BCUT2D eigenvalue weighted by atomic mass is 10.4. The number of thioether (sulfide) groups is 1. The molecule has 0 aliphatic carbocycles. The molecule has 98 valence electrons. The van der Waals surface area contributed by atoms with E-state index >= 15 is 0 Å². The Hall–Kier alpha value is -1.18. The van der Waals surface area contributed by atoms with Gasteiger partial charge in [-0.1, -0.05) is 23.0 Å². The minimum atomic E-state index is 0.103. The summed E-state index contributed by atoms with van der Waals surface area (Å²) in [5.41, 5.74) is 1.05. The summed E-state index contributed by atoms with van der Waals surface area (Å²) < 4.78 is 6.36. The van der Waals surface area contributed by atoms with Crippen LogP contribution in [0.3, 0.4) is 0 Å². The quantitative estimate of drug-likeness (QED) is 0.668. The topological polar surface area (TPSA) is 51.8 Å². The summed E-state index contributed by atoms with van der Waals surface area (Å²) in [7, 11) is 0. The smallest absolute Gasteiger partial charge is 0.240 e. The van der Waals surface area contributed by atoms with Crippen LogP contribution in [0.2, 0.25) is 0 Å². The molecule has 0 N–H and O–H groups in total. The van der Waals surface area contributed by atoms with Gasteiger partial charge in [-0.3, -0.25) is 0 Å². The Morgan fingerprint density at radius 3 is 2.89 bits per heavy atom. The molecule has 0 aliphatic rings. The molecule has 7 heteroatoms. The summed E-state index contributed by atoms with van der Waals surface area (Å²) in [4.78, 5) is 9.90. The van der Waals surface area contributed by atoms with E-state index in [1.165, 1.54) is 0 Å². The van der Waals surface area contributed by atoms with Crippen molar-refractivity contribution < 1.29 is 4.52 Å². The van der Waals surface area contributed by atoms with Gasteiger partial charge in [0.2, 0.25) is 11.7 Å². The molecular formula is C12H11N3OS3. The van der Waals surface area contributed by atoms with Crippen LogP contribution in [-0.2, 0) is 0 Å². The highest BCUT2D eigenvalue weighted by Crippen LogP contribution is 2.36. The summed E-state index contributed by atoms with van der Waals surface area (Å²) in [5, 5.41) is 8.17. The van der Waals surface area contributed by atoms with Gasteiger partial charge in [0.15, 0.2) is 4.34 Å². The third-order valence-electron chi connectivity index (χ3n) is 2.41. The maximum Gasteiger partial charge on any atom is 0.240 e. The standard InChI is InChI=1S/C12H11N3OS3/c1-7-6-18-12(13-7)19-8(2)11-14-10(15-16-11)9-4-3-5-17-9/h3-6,8H,1-2H3. The van der Waals surface area contributed by atoms with Crippen LogP contribution >= 0.6 is 34.4 Å². The van der Waals surface area contributed by atoms with Crippen LogP contribution in [0.1, 0.15) is 23.8 Å². The van der Waals surface area contributed by atoms with Crippen molar-refractivity contribution in [3.63, 3.8) is 0 Å². The van der Waals surface area contributed by atoms with E-state index in [9.17, 15) is 0 Å². The molecule has 0 fully saturated rings. The number of nitrogens with zero attached hydrogens (tertiary/aromatic N) is 3. The van der Waals surface area contributed by atoms with Crippen molar-refractivity contribution in [3.05, 3.63) is 34.5 Å². The van der Waals surface area contributed by atoms with Gasteiger partial charge in [0.05, 0.1) is 10.1 Å². The van der Waals surface area contributed by atoms with Crippen molar-refractivity contribution in [1.82, 2.24) is 15.1 Å². The van der Waals surface area contributed by atoms with E-state index in [4.69, 9.17) is 4.52 Å². The molecule has 3 aromatic rings. The normalized spacial score (nSPS) is 12.7. The lowest BCUT2D eigenvalue weighted by Gasteiger charge is -2.01. The van der Waals surface area contributed by atoms with Gasteiger partial charge in [-0.05, 0) is 25.3 Å². The largest absolute Gasteiger partial charge is 0.338 e. The molecule has 3 rings (SSSR count). The average molecular weight is 309 g/mol. The second kappa shape index (κ2) is 5.44. The first-order valence-corrected chi connectivity index (χ1v) is 8.32. The third-order valence-corrected chi connectivity index (χ3v) is 5.45. The Morgan fingerprint density at radius 2 is 2.21 bits per heavy atom.